The third kappa shape index (κ3) is 3.01. The van der Waals surface area contributed by atoms with Gasteiger partial charge in [0.25, 0.3) is 0 Å². The molecule has 0 radical (unpaired) electrons. The Labute approximate surface area is 151 Å². The van der Waals surface area contributed by atoms with Crippen LogP contribution in [0.1, 0.15) is 62.3 Å². The molecule has 1 saturated heterocycles. The summed E-state index contributed by atoms with van der Waals surface area (Å²) in [4.78, 5) is 2.59. The first-order valence-corrected chi connectivity index (χ1v) is 10.4. The lowest BCUT2D eigenvalue weighted by molar-refractivity contribution is 0.0274. The molecule has 0 aromatic heterocycles. The Balaban J connectivity index is 1.43. The van der Waals surface area contributed by atoms with Gasteiger partial charge in [0.1, 0.15) is 0 Å². The second kappa shape index (κ2) is 6.42. The number of fused-ring (bicyclic) bond motifs is 2. The highest BCUT2D eigenvalue weighted by molar-refractivity contribution is 8.03. The van der Waals surface area contributed by atoms with E-state index in [4.69, 9.17) is 0 Å². The molecule has 0 amide bonds. The molecule has 1 atom stereocenters. The second-order valence-corrected chi connectivity index (χ2v) is 9.21. The molecule has 3 aliphatic rings. The van der Waals surface area contributed by atoms with Gasteiger partial charge in [0.05, 0.1) is 5.69 Å². The van der Waals surface area contributed by atoms with Crippen LogP contribution < -0.4 is 4.72 Å². The van der Waals surface area contributed by atoms with Crippen molar-refractivity contribution in [3.8, 4) is 0 Å². The van der Waals surface area contributed by atoms with Gasteiger partial charge < -0.3 is 4.72 Å². The lowest BCUT2D eigenvalue weighted by atomic mass is 9.93. The fourth-order valence-corrected chi connectivity index (χ4v) is 5.29. The van der Waals surface area contributed by atoms with E-state index in [-0.39, 0.29) is 5.54 Å². The predicted molar refractivity (Wildman–Crippen MR) is 106 cm³/mol. The van der Waals surface area contributed by atoms with Gasteiger partial charge in [0.15, 0.2) is 0 Å². The van der Waals surface area contributed by atoms with E-state index in [0.717, 1.165) is 0 Å². The number of hydrogen-bond donors (Lipinski definition) is 1. The molecule has 24 heavy (non-hydrogen) atoms. The average molecular weight is 343 g/mol. The molecular formula is C21H30N2S. The van der Waals surface area contributed by atoms with Crippen molar-refractivity contribution in [3.05, 3.63) is 39.8 Å². The van der Waals surface area contributed by atoms with Crippen molar-refractivity contribution in [2.75, 3.05) is 11.3 Å². The molecule has 1 aliphatic heterocycles. The number of nitrogens with zero attached hydrogens (tertiary/aromatic N) is 1. The van der Waals surface area contributed by atoms with Gasteiger partial charge in [-0.3, -0.25) is 4.90 Å². The van der Waals surface area contributed by atoms with Gasteiger partial charge in [-0.1, -0.05) is 12.1 Å². The van der Waals surface area contributed by atoms with Crippen LogP contribution in [0.2, 0.25) is 0 Å². The highest BCUT2D eigenvalue weighted by Gasteiger charge is 2.34. The summed E-state index contributed by atoms with van der Waals surface area (Å²) < 4.78 is 3.71. The van der Waals surface area contributed by atoms with E-state index in [2.05, 4.69) is 47.9 Å². The summed E-state index contributed by atoms with van der Waals surface area (Å²) in [5, 5.41) is 2.28. The number of rotatable bonds is 4. The van der Waals surface area contributed by atoms with Gasteiger partial charge in [-0.05, 0) is 105 Å². The summed E-state index contributed by atoms with van der Waals surface area (Å²) in [6.07, 6.45) is 11.4. The van der Waals surface area contributed by atoms with Gasteiger partial charge in [0.2, 0.25) is 0 Å². The Kier molecular flexibility index (Phi) is 4.42. The van der Waals surface area contributed by atoms with E-state index in [1.54, 1.807) is 34.2 Å². The van der Waals surface area contributed by atoms with Crippen LogP contribution in [0.3, 0.4) is 0 Å². The highest BCUT2D eigenvalue weighted by Crippen LogP contribution is 2.39. The molecule has 0 saturated carbocycles. The zero-order chi connectivity index (χ0) is 16.7. The average Bonchev–Trinajstić information content (AvgIpc) is 3.10. The summed E-state index contributed by atoms with van der Waals surface area (Å²) >= 11 is 1.77. The van der Waals surface area contributed by atoms with Crippen LogP contribution >= 0.6 is 11.9 Å². The Morgan fingerprint density at radius 2 is 1.75 bits per heavy atom. The minimum absolute atomic E-state index is 0.284. The van der Waals surface area contributed by atoms with E-state index in [1.807, 2.05) is 0 Å². The van der Waals surface area contributed by atoms with Crippen LogP contribution in [-0.2, 0) is 25.7 Å². The zero-order valence-corrected chi connectivity index (χ0v) is 16.1. The molecule has 2 nitrogen and oxygen atoms in total. The zero-order valence-electron chi connectivity index (χ0n) is 15.3. The van der Waals surface area contributed by atoms with E-state index < -0.39 is 0 Å². The van der Waals surface area contributed by atoms with Crippen LogP contribution in [-0.4, -0.2) is 23.0 Å². The summed E-state index contributed by atoms with van der Waals surface area (Å²) in [6.45, 7) is 8.18. The lowest BCUT2D eigenvalue weighted by Gasteiger charge is -2.48. The van der Waals surface area contributed by atoms with Crippen LogP contribution in [0.15, 0.2) is 17.6 Å². The summed E-state index contributed by atoms with van der Waals surface area (Å²) in [6, 6.07) is 3.12. The summed E-state index contributed by atoms with van der Waals surface area (Å²) in [7, 11) is 0. The minimum Gasteiger partial charge on any atom is -0.326 e. The molecule has 1 aromatic carbocycles. The smallest absolute Gasteiger partial charge is 0.0512 e. The third-order valence-electron chi connectivity index (χ3n) is 5.93. The fourth-order valence-electron chi connectivity index (χ4n) is 4.60. The van der Waals surface area contributed by atoms with Crippen molar-refractivity contribution < 1.29 is 0 Å². The van der Waals surface area contributed by atoms with Gasteiger partial charge in [-0.25, -0.2) is 0 Å². The Morgan fingerprint density at radius 3 is 2.29 bits per heavy atom. The first-order chi connectivity index (χ1) is 11.5. The van der Waals surface area contributed by atoms with Crippen molar-refractivity contribution in [2.24, 2.45) is 0 Å². The maximum absolute atomic E-state index is 3.71. The SMILES string of the molecule is CC(C)(C)N1CCC1/C=C/SNc1c2c(cc3c1CCC3)CCC2. The summed E-state index contributed by atoms with van der Waals surface area (Å²) in [5.41, 5.74) is 8.19. The first-order valence-electron chi connectivity index (χ1n) is 9.55. The maximum Gasteiger partial charge on any atom is 0.0512 e. The molecule has 1 fully saturated rings. The Hall–Kier alpha value is -0.930. The monoisotopic (exact) mass is 342 g/mol. The molecule has 1 heterocycles. The van der Waals surface area contributed by atoms with Crippen molar-refractivity contribution in [1.29, 1.82) is 0 Å². The van der Waals surface area contributed by atoms with Crippen LogP contribution in [0.5, 0.6) is 0 Å². The van der Waals surface area contributed by atoms with Crippen molar-refractivity contribution in [1.82, 2.24) is 4.90 Å². The van der Waals surface area contributed by atoms with Crippen LogP contribution in [0.25, 0.3) is 0 Å². The van der Waals surface area contributed by atoms with Crippen molar-refractivity contribution in [3.63, 3.8) is 0 Å². The van der Waals surface area contributed by atoms with E-state index in [1.165, 1.54) is 57.2 Å². The van der Waals surface area contributed by atoms with Crippen molar-refractivity contribution in [2.45, 2.75) is 77.3 Å². The van der Waals surface area contributed by atoms with Gasteiger partial charge in [-0.2, -0.15) is 0 Å². The predicted octanol–water partition coefficient (Wildman–Crippen LogP) is 5.11. The van der Waals surface area contributed by atoms with Crippen LogP contribution in [0, 0.1) is 0 Å². The molecular weight excluding hydrogens is 312 g/mol. The largest absolute Gasteiger partial charge is 0.326 e. The third-order valence-corrected chi connectivity index (χ3v) is 6.55. The topological polar surface area (TPSA) is 15.3 Å². The van der Waals surface area contributed by atoms with E-state index >= 15 is 0 Å². The Morgan fingerprint density at radius 1 is 1.08 bits per heavy atom. The number of nitrogens with one attached hydrogen (secondary N) is 1. The molecule has 1 aromatic rings. The van der Waals surface area contributed by atoms with Crippen molar-refractivity contribution >= 4 is 17.6 Å². The van der Waals surface area contributed by atoms with Gasteiger partial charge >= 0.3 is 0 Å². The molecule has 0 bridgehead atoms. The molecule has 0 spiro atoms. The molecule has 1 unspecified atom stereocenters. The normalized spacial score (nSPS) is 23.4. The highest BCUT2D eigenvalue weighted by atomic mass is 32.2. The number of benzene rings is 1. The number of anilines is 1. The number of hydrogen-bond acceptors (Lipinski definition) is 3. The minimum atomic E-state index is 0.284. The summed E-state index contributed by atoms with van der Waals surface area (Å²) in [5.74, 6) is 0. The lowest BCUT2D eigenvalue weighted by Crippen LogP contribution is -2.56. The Bertz CT molecular complexity index is 625. The van der Waals surface area contributed by atoms with E-state index in [0.29, 0.717) is 6.04 Å². The number of aryl methyl sites for hydroxylation is 2. The molecule has 130 valence electrons. The quantitative estimate of drug-likeness (QED) is 0.765. The maximum atomic E-state index is 3.71. The van der Waals surface area contributed by atoms with Crippen LogP contribution in [0.4, 0.5) is 5.69 Å². The number of likely N-dealkylation sites (tertiary alicyclic amines) is 1. The first kappa shape index (κ1) is 16.5. The van der Waals surface area contributed by atoms with Gasteiger partial charge in [0, 0.05) is 18.1 Å². The molecule has 4 rings (SSSR count). The molecule has 3 heteroatoms. The second-order valence-electron chi connectivity index (χ2n) is 8.50. The molecule has 1 N–H and O–H groups in total. The fraction of sp³-hybridized carbons (Fsp3) is 0.619. The van der Waals surface area contributed by atoms with E-state index in [9.17, 15) is 0 Å². The van der Waals surface area contributed by atoms with Gasteiger partial charge in [-0.15, -0.1) is 0 Å². The molecule has 2 aliphatic carbocycles. The standard InChI is InChI=1S/C21H30N2S/c1-21(2,3)23-12-10-17(23)11-13-24-22-20-18-8-4-6-15(18)14-16-7-5-9-19(16)20/h11,13-14,17,22H,4-10,12H2,1-3H3/b13-11+.